The van der Waals surface area contributed by atoms with Gasteiger partial charge in [-0.2, -0.15) is 0 Å². The van der Waals surface area contributed by atoms with Gasteiger partial charge in [0.05, 0.1) is 18.6 Å². The lowest BCUT2D eigenvalue weighted by atomic mass is 10.2. The van der Waals surface area contributed by atoms with Crippen LogP contribution in [0.5, 0.6) is 5.75 Å². The van der Waals surface area contributed by atoms with Crippen LogP contribution < -0.4 is 4.74 Å². The smallest absolute Gasteiger partial charge is 0.293 e. The van der Waals surface area contributed by atoms with Gasteiger partial charge in [0.1, 0.15) is 12.4 Å². The van der Waals surface area contributed by atoms with Crippen molar-refractivity contribution in [3.63, 3.8) is 0 Å². The Hall–Kier alpha value is -1.22. The monoisotopic (exact) mass is 635 g/mol. The van der Waals surface area contributed by atoms with Gasteiger partial charge < -0.3 is 4.74 Å². The SMILES string of the molecule is C#CCOc1c(I)cc(/C=C2\SC(=O)N(Cc3cccc(Cl)c3)C2=O)cc1I. The van der Waals surface area contributed by atoms with E-state index in [1.807, 2.05) is 18.2 Å². The molecule has 1 saturated heterocycles. The van der Waals surface area contributed by atoms with Crippen LogP contribution in [0.25, 0.3) is 6.08 Å². The molecule has 4 nitrogen and oxygen atoms in total. The summed E-state index contributed by atoms with van der Waals surface area (Å²) in [6.07, 6.45) is 6.97. The van der Waals surface area contributed by atoms with Gasteiger partial charge in [-0.25, -0.2) is 0 Å². The summed E-state index contributed by atoms with van der Waals surface area (Å²) in [5.41, 5.74) is 1.62. The number of imide groups is 1. The van der Waals surface area contributed by atoms with Gasteiger partial charge >= 0.3 is 0 Å². The van der Waals surface area contributed by atoms with Crippen molar-refractivity contribution in [3.8, 4) is 18.1 Å². The fourth-order valence-corrected chi connectivity index (χ4v) is 5.70. The Bertz CT molecular complexity index is 1010. The predicted molar refractivity (Wildman–Crippen MR) is 129 cm³/mol. The molecule has 0 N–H and O–H groups in total. The number of ether oxygens (including phenoxy) is 1. The second kappa shape index (κ2) is 9.52. The highest BCUT2D eigenvalue weighted by molar-refractivity contribution is 14.1. The molecule has 1 aliphatic heterocycles. The van der Waals surface area contributed by atoms with Crippen LogP contribution in [0.1, 0.15) is 11.1 Å². The van der Waals surface area contributed by atoms with Crippen molar-refractivity contribution in [1.82, 2.24) is 4.90 Å². The van der Waals surface area contributed by atoms with Gasteiger partial charge in [0.25, 0.3) is 11.1 Å². The standard InChI is InChI=1S/C20H12ClI2NO3S/c1-2-6-27-18-15(22)8-13(9-16(18)23)10-17-19(25)24(20(26)28-17)11-12-4-3-5-14(21)7-12/h1,3-5,7-10H,6,11H2/b17-10-. The van der Waals surface area contributed by atoms with Crippen molar-refractivity contribution in [2.24, 2.45) is 0 Å². The number of hydrogen-bond donors (Lipinski definition) is 0. The highest BCUT2D eigenvalue weighted by atomic mass is 127. The zero-order valence-electron chi connectivity index (χ0n) is 14.2. The lowest BCUT2D eigenvalue weighted by Crippen LogP contribution is -2.27. The first-order valence-electron chi connectivity index (χ1n) is 7.94. The summed E-state index contributed by atoms with van der Waals surface area (Å²) in [5.74, 6) is 2.84. The van der Waals surface area contributed by atoms with E-state index in [4.69, 9.17) is 22.8 Å². The molecule has 1 fully saturated rings. The van der Waals surface area contributed by atoms with Gasteiger partial charge in [-0.05, 0) is 98.4 Å². The number of thioether (sulfide) groups is 1. The lowest BCUT2D eigenvalue weighted by Gasteiger charge is -2.12. The average Bonchev–Trinajstić information content (AvgIpc) is 2.89. The molecule has 1 aliphatic rings. The molecule has 0 radical (unpaired) electrons. The fraction of sp³-hybridized carbons (Fsp3) is 0.100. The lowest BCUT2D eigenvalue weighted by molar-refractivity contribution is -0.123. The summed E-state index contributed by atoms with van der Waals surface area (Å²) in [4.78, 5) is 26.7. The van der Waals surface area contributed by atoms with Gasteiger partial charge in [0.15, 0.2) is 0 Å². The predicted octanol–water partition coefficient (Wildman–Crippen LogP) is 5.80. The van der Waals surface area contributed by atoms with Crippen molar-refractivity contribution in [2.75, 3.05) is 6.61 Å². The zero-order valence-corrected chi connectivity index (χ0v) is 20.1. The number of halogens is 3. The second-order valence-corrected chi connectivity index (χ2v) is 9.46. The summed E-state index contributed by atoms with van der Waals surface area (Å²) in [5, 5.41) is 0.269. The summed E-state index contributed by atoms with van der Waals surface area (Å²) in [7, 11) is 0. The first-order chi connectivity index (χ1) is 13.4. The normalized spacial score (nSPS) is 15.2. The fourth-order valence-electron chi connectivity index (χ4n) is 2.52. The quantitative estimate of drug-likeness (QED) is 0.237. The first-order valence-corrected chi connectivity index (χ1v) is 11.3. The Morgan fingerprint density at radius 2 is 1.93 bits per heavy atom. The molecule has 0 atom stereocenters. The van der Waals surface area contributed by atoms with Gasteiger partial charge in [-0.15, -0.1) is 6.42 Å². The van der Waals surface area contributed by atoms with Crippen LogP contribution in [0.15, 0.2) is 41.3 Å². The van der Waals surface area contributed by atoms with Crippen LogP contribution in [0.3, 0.4) is 0 Å². The van der Waals surface area contributed by atoms with Crippen LogP contribution in [-0.2, 0) is 11.3 Å². The molecule has 0 bridgehead atoms. The third-order valence-corrected chi connectivity index (χ3v) is 6.47. The molecule has 142 valence electrons. The van der Waals surface area contributed by atoms with E-state index in [0.717, 1.165) is 30.0 Å². The summed E-state index contributed by atoms with van der Waals surface area (Å²) in [6.45, 7) is 0.379. The Kier molecular flexibility index (Phi) is 7.31. The molecular formula is C20H12ClI2NO3S. The van der Waals surface area contributed by atoms with Gasteiger partial charge in [-0.1, -0.05) is 29.7 Å². The molecule has 28 heavy (non-hydrogen) atoms. The Labute approximate surface area is 199 Å². The van der Waals surface area contributed by atoms with E-state index < -0.39 is 0 Å². The zero-order chi connectivity index (χ0) is 20.3. The number of amides is 2. The molecule has 3 rings (SSSR count). The molecule has 1 heterocycles. The van der Waals surface area contributed by atoms with E-state index in [-0.39, 0.29) is 24.3 Å². The minimum Gasteiger partial charge on any atom is -0.479 e. The van der Waals surface area contributed by atoms with E-state index in [1.54, 1.807) is 24.3 Å². The van der Waals surface area contributed by atoms with E-state index in [2.05, 4.69) is 51.1 Å². The highest BCUT2D eigenvalue weighted by Gasteiger charge is 2.35. The van der Waals surface area contributed by atoms with Gasteiger partial charge in [0.2, 0.25) is 0 Å². The minimum atomic E-state index is -0.312. The maximum absolute atomic E-state index is 12.7. The van der Waals surface area contributed by atoms with E-state index >= 15 is 0 Å². The maximum Gasteiger partial charge on any atom is 0.293 e. The summed E-state index contributed by atoms with van der Waals surface area (Å²) < 4.78 is 7.31. The van der Waals surface area contributed by atoms with Crippen molar-refractivity contribution >= 4 is 85.8 Å². The number of nitrogens with zero attached hydrogens (tertiary/aromatic N) is 1. The molecule has 0 unspecified atom stereocenters. The van der Waals surface area contributed by atoms with Crippen LogP contribution in [0, 0.1) is 19.5 Å². The minimum absolute atomic E-state index is 0.188. The van der Waals surface area contributed by atoms with Crippen molar-refractivity contribution in [3.05, 3.63) is 64.6 Å². The van der Waals surface area contributed by atoms with Gasteiger partial charge in [0, 0.05) is 5.02 Å². The molecule has 8 heteroatoms. The maximum atomic E-state index is 12.7. The number of terminal acetylenes is 1. The molecule has 2 amide bonds. The summed E-state index contributed by atoms with van der Waals surface area (Å²) >= 11 is 11.2. The molecule has 0 aliphatic carbocycles. The number of carbonyl (C=O) groups is 2. The molecule has 0 spiro atoms. The molecule has 2 aromatic rings. The van der Waals surface area contributed by atoms with Crippen molar-refractivity contribution in [1.29, 1.82) is 0 Å². The van der Waals surface area contributed by atoms with Crippen LogP contribution in [-0.4, -0.2) is 22.7 Å². The van der Waals surface area contributed by atoms with Crippen molar-refractivity contribution < 1.29 is 14.3 Å². The first kappa shape index (κ1) is 21.5. The number of rotatable bonds is 5. The van der Waals surface area contributed by atoms with E-state index in [9.17, 15) is 9.59 Å². The van der Waals surface area contributed by atoms with Gasteiger partial charge in [-0.3, -0.25) is 14.5 Å². The van der Waals surface area contributed by atoms with Crippen LogP contribution >= 0.6 is 68.5 Å². The summed E-state index contributed by atoms with van der Waals surface area (Å²) in [6, 6.07) is 10.9. The van der Waals surface area contributed by atoms with Crippen LogP contribution in [0.2, 0.25) is 5.02 Å². The molecule has 0 aromatic heterocycles. The highest BCUT2D eigenvalue weighted by Crippen LogP contribution is 2.35. The Morgan fingerprint density at radius 1 is 1.21 bits per heavy atom. The molecule has 2 aromatic carbocycles. The van der Waals surface area contributed by atoms with Crippen molar-refractivity contribution in [2.45, 2.75) is 6.54 Å². The Balaban J connectivity index is 1.82. The Morgan fingerprint density at radius 3 is 2.57 bits per heavy atom. The largest absolute Gasteiger partial charge is 0.479 e. The number of benzene rings is 2. The number of hydrogen-bond acceptors (Lipinski definition) is 4. The van der Waals surface area contributed by atoms with E-state index in [1.165, 1.54) is 4.90 Å². The molecular weight excluding hydrogens is 624 g/mol. The topological polar surface area (TPSA) is 46.6 Å². The second-order valence-electron chi connectivity index (χ2n) is 5.70. The molecule has 0 saturated carbocycles. The average molecular weight is 636 g/mol. The third kappa shape index (κ3) is 5.03. The number of carbonyl (C=O) groups excluding carboxylic acids is 2. The third-order valence-electron chi connectivity index (χ3n) is 3.72. The van der Waals surface area contributed by atoms with Crippen LogP contribution in [0.4, 0.5) is 4.79 Å². The van der Waals surface area contributed by atoms with E-state index in [0.29, 0.717) is 15.7 Å².